The van der Waals surface area contributed by atoms with E-state index in [0.717, 1.165) is 14.7 Å². The van der Waals surface area contributed by atoms with Gasteiger partial charge >= 0.3 is 0 Å². The molecule has 1 heterocycles. The van der Waals surface area contributed by atoms with E-state index in [1.807, 2.05) is 69.2 Å². The van der Waals surface area contributed by atoms with Gasteiger partial charge in [-0.3, -0.25) is 52.7 Å². The Balaban J connectivity index is 4.33. The first kappa shape index (κ1) is 77.8. The van der Waals surface area contributed by atoms with Crippen molar-refractivity contribution in [3.8, 4) is 0 Å². The summed E-state index contributed by atoms with van der Waals surface area (Å²) in [5.74, 6) is -10.4. The number of carbonyl (C=O) groups excluding carboxylic acids is 11. The Kier molecular flexibility index (Phi) is 32.2. The van der Waals surface area contributed by atoms with Crippen LogP contribution in [0.4, 0.5) is 0 Å². The molecule has 24 nitrogen and oxygen atoms in total. The molecular weight excluding hydrogens is 1110 g/mol. The van der Waals surface area contributed by atoms with E-state index in [-0.39, 0.29) is 68.1 Å². The molecule has 492 valence electrons. The number of nitrogens with one attached hydrogen (secondary N) is 5. The molecule has 3 unspecified atom stereocenters. The molecule has 86 heavy (non-hydrogen) atoms. The van der Waals surface area contributed by atoms with Crippen molar-refractivity contribution in [2.24, 2.45) is 41.4 Å². The van der Waals surface area contributed by atoms with E-state index in [0.29, 0.717) is 0 Å². The highest BCUT2D eigenvalue weighted by atomic mass is 16.3. The van der Waals surface area contributed by atoms with E-state index in [2.05, 4.69) is 26.6 Å². The average molecular weight is 1220 g/mol. The monoisotopic (exact) mass is 1220 g/mol. The number of aliphatic hydroxyl groups is 2. The number of nitrogens with zero attached hydrogens (tertiary/aromatic N) is 6. The second-order valence-corrected chi connectivity index (χ2v) is 26.4. The summed E-state index contributed by atoms with van der Waals surface area (Å²) >= 11 is 0. The van der Waals surface area contributed by atoms with Gasteiger partial charge in [0.1, 0.15) is 60.4 Å². The molecule has 0 bridgehead atoms. The fraction of sp³-hybridized carbons (Fsp3) is 0.790. The van der Waals surface area contributed by atoms with Crippen molar-refractivity contribution in [1.82, 2.24) is 56.0 Å². The Morgan fingerprint density at radius 1 is 0.442 bits per heavy atom. The summed E-state index contributed by atoms with van der Waals surface area (Å²) in [4.78, 5) is 166. The quantitative estimate of drug-likeness (QED) is 0.109. The third-order valence-electron chi connectivity index (χ3n) is 15.7. The summed E-state index contributed by atoms with van der Waals surface area (Å²) in [6, 6.07) is -13.2. The van der Waals surface area contributed by atoms with Crippen LogP contribution in [-0.2, 0) is 52.7 Å². The molecule has 1 aliphatic rings. The van der Waals surface area contributed by atoms with Gasteiger partial charge in [-0.05, 0) is 108 Å². The molecule has 7 N–H and O–H groups in total. The van der Waals surface area contributed by atoms with Crippen LogP contribution in [0.1, 0.15) is 156 Å². The van der Waals surface area contributed by atoms with Crippen molar-refractivity contribution in [3.63, 3.8) is 0 Å². The van der Waals surface area contributed by atoms with Gasteiger partial charge in [-0.25, -0.2) is 0 Å². The number of rotatable bonds is 16. The number of hydrogen-bond donors (Lipinski definition) is 7. The van der Waals surface area contributed by atoms with Crippen molar-refractivity contribution in [3.05, 3.63) is 12.2 Å². The van der Waals surface area contributed by atoms with Gasteiger partial charge in [0.25, 0.3) is 0 Å². The first-order valence-electron chi connectivity index (χ1n) is 30.7. The van der Waals surface area contributed by atoms with Crippen LogP contribution >= 0.6 is 0 Å². The zero-order chi connectivity index (χ0) is 66.7. The lowest BCUT2D eigenvalue weighted by Gasteiger charge is -2.40. The molecule has 1 rings (SSSR count). The van der Waals surface area contributed by atoms with Crippen LogP contribution in [0.3, 0.4) is 0 Å². The minimum Gasteiger partial charge on any atom is -0.391 e. The third-order valence-corrected chi connectivity index (χ3v) is 15.7. The second kappa shape index (κ2) is 35.6. The van der Waals surface area contributed by atoms with E-state index in [1.54, 1.807) is 39.8 Å². The third kappa shape index (κ3) is 22.8. The molecule has 1 saturated heterocycles. The molecule has 0 saturated carbocycles. The van der Waals surface area contributed by atoms with Crippen LogP contribution in [0.25, 0.3) is 0 Å². The maximum Gasteiger partial charge on any atom is 0.248 e. The largest absolute Gasteiger partial charge is 0.391 e. The molecule has 0 aromatic heterocycles. The molecule has 13 atom stereocenters. The molecule has 0 aromatic rings. The molecule has 24 heteroatoms. The summed E-state index contributed by atoms with van der Waals surface area (Å²) in [6.07, 6.45) is 1.20. The smallest absolute Gasteiger partial charge is 0.248 e. The van der Waals surface area contributed by atoms with E-state index in [1.165, 1.54) is 77.8 Å². The van der Waals surface area contributed by atoms with Crippen LogP contribution in [-0.4, -0.2) is 226 Å². The van der Waals surface area contributed by atoms with Crippen LogP contribution in [0.15, 0.2) is 12.2 Å². The predicted molar refractivity (Wildman–Crippen MR) is 330 cm³/mol. The minimum absolute atomic E-state index is 0.0945. The average Bonchev–Trinajstić information content (AvgIpc) is 2.17. The van der Waals surface area contributed by atoms with Gasteiger partial charge in [0.2, 0.25) is 65.0 Å². The SMILES string of the molecule is C/C=C/CC(C)C(O)[C@H]1C(=O)N[C@@H](C(C)O)C(=O)N(C)CC(=O)N(C)[C@@H](CC(C)C)C(=O)N[C@@H](CC(C)C)C(=O)N(C)[C@@H](CC(C)C)C(=O)N[C@@H](C)C(=O)N[C@H](C)C(=O)N(C)[C@@H](CC(C)C)C(=O)N[C@@H](CC(C)C)C(=O)N(C)[C@@H](C(C)C)C(=O)N1C. The van der Waals surface area contributed by atoms with Crippen molar-refractivity contribution in [2.45, 2.75) is 229 Å². The van der Waals surface area contributed by atoms with Gasteiger partial charge in [-0.2, -0.15) is 0 Å². The number of amides is 11. The Morgan fingerprint density at radius 2 is 0.826 bits per heavy atom. The number of likely N-dealkylation sites (N-methyl/N-ethyl adjacent to an activating group) is 6. The first-order chi connectivity index (χ1) is 39.6. The fourth-order valence-corrected chi connectivity index (χ4v) is 10.6. The van der Waals surface area contributed by atoms with Gasteiger partial charge in [0.15, 0.2) is 0 Å². The number of carbonyl (C=O) groups is 11. The normalized spacial score (nSPS) is 27.0. The van der Waals surface area contributed by atoms with Gasteiger partial charge in [-0.15, -0.1) is 0 Å². The zero-order valence-electron chi connectivity index (χ0n) is 56.1. The highest BCUT2D eigenvalue weighted by Gasteiger charge is 2.45. The van der Waals surface area contributed by atoms with Crippen LogP contribution in [0.5, 0.6) is 0 Å². The second-order valence-electron chi connectivity index (χ2n) is 26.4. The summed E-state index contributed by atoms with van der Waals surface area (Å²) in [7, 11) is 8.15. The van der Waals surface area contributed by atoms with Crippen LogP contribution in [0.2, 0.25) is 0 Å². The van der Waals surface area contributed by atoms with Crippen molar-refractivity contribution in [1.29, 1.82) is 0 Å². The van der Waals surface area contributed by atoms with E-state index < -0.39 is 156 Å². The Labute approximate surface area is 513 Å². The number of hydrogen-bond acceptors (Lipinski definition) is 13. The van der Waals surface area contributed by atoms with Crippen molar-refractivity contribution >= 4 is 65.0 Å². The standard InChI is InChI=1S/C62H111N11O13/c1-24-25-26-39(14)52(76)51-57(81)67-49(42(17)74)61(85)68(18)32-48(75)69(19)45(29-35(6)7)55(79)65-43(27-33(2)3)59(83)71(21)46(30-36(8)9)54(78)63-40(15)53(77)64-41(16)58(82)70(20)47(31-37(10)11)56(80)66-44(28-34(4)5)60(84)72(22)50(38(12)13)62(86)73(51)23/h24-25,33-47,49-52,74,76H,26-32H2,1-23H3,(H,63,78)(H,64,77)(H,65,79)(H,66,80)(H,67,81)/b25-24+/t39?,40-,41+,42?,43-,44-,45-,46-,47-,49-,50-,51-,52?/m0/s1. The zero-order valence-corrected chi connectivity index (χ0v) is 56.1. The molecule has 1 aliphatic heterocycles. The van der Waals surface area contributed by atoms with Gasteiger partial charge in [0.05, 0.1) is 18.8 Å². The van der Waals surface area contributed by atoms with Crippen LogP contribution < -0.4 is 26.6 Å². The fourth-order valence-electron chi connectivity index (χ4n) is 10.6. The lowest BCUT2D eigenvalue weighted by molar-refractivity contribution is -0.155. The van der Waals surface area contributed by atoms with E-state index in [4.69, 9.17) is 0 Å². The van der Waals surface area contributed by atoms with E-state index in [9.17, 15) is 58.2 Å². The predicted octanol–water partition coefficient (Wildman–Crippen LogP) is 2.29. The molecule has 0 aliphatic carbocycles. The number of aliphatic hydroxyl groups excluding tert-OH is 2. The molecule has 0 aromatic carbocycles. The van der Waals surface area contributed by atoms with Gasteiger partial charge < -0.3 is 66.2 Å². The number of allylic oxidation sites excluding steroid dienone is 2. The van der Waals surface area contributed by atoms with Gasteiger partial charge in [0, 0.05) is 42.3 Å². The lowest BCUT2D eigenvalue weighted by atomic mass is 9.91. The van der Waals surface area contributed by atoms with Crippen LogP contribution in [0, 0.1) is 41.4 Å². The summed E-state index contributed by atoms with van der Waals surface area (Å²) in [6.45, 7) is 28.7. The maximum atomic E-state index is 15.1. The maximum absolute atomic E-state index is 15.1. The van der Waals surface area contributed by atoms with Crippen molar-refractivity contribution in [2.75, 3.05) is 48.8 Å². The highest BCUT2D eigenvalue weighted by molar-refractivity contribution is 5.99. The Morgan fingerprint density at radius 3 is 1.23 bits per heavy atom. The highest BCUT2D eigenvalue weighted by Crippen LogP contribution is 2.24. The Bertz CT molecular complexity index is 2340. The molecule has 1 fully saturated rings. The minimum atomic E-state index is -1.74. The lowest BCUT2D eigenvalue weighted by Crippen LogP contribution is -2.64. The molecule has 11 amide bonds. The first-order valence-corrected chi connectivity index (χ1v) is 30.7. The summed E-state index contributed by atoms with van der Waals surface area (Å²) in [5, 5.41) is 36.8. The van der Waals surface area contributed by atoms with Crippen molar-refractivity contribution < 1.29 is 63.0 Å². The summed E-state index contributed by atoms with van der Waals surface area (Å²) in [5.41, 5.74) is 0. The van der Waals surface area contributed by atoms with E-state index >= 15 is 4.79 Å². The molecular formula is C62H111N11O13. The summed E-state index contributed by atoms with van der Waals surface area (Å²) < 4.78 is 0. The topological polar surface area (TPSA) is 308 Å². The van der Waals surface area contributed by atoms with Gasteiger partial charge in [-0.1, -0.05) is 102 Å². The molecule has 0 radical (unpaired) electrons. The Hall–Kier alpha value is -6.17. The molecule has 0 spiro atoms.